The second kappa shape index (κ2) is 24.0. The maximum atomic E-state index is 12.6. The quantitative estimate of drug-likeness (QED) is 0.0490. The minimum atomic E-state index is -1.42. The summed E-state index contributed by atoms with van der Waals surface area (Å²) in [5.74, 6) is -9.00. The Hall–Kier alpha value is -4.49. The highest BCUT2D eigenvalue weighted by molar-refractivity contribution is 5.92. The summed E-state index contributed by atoms with van der Waals surface area (Å²) < 4.78 is 16.3. The van der Waals surface area contributed by atoms with Crippen LogP contribution in [-0.4, -0.2) is 81.0 Å². The number of ether oxygens (including phenoxy) is 3. The van der Waals surface area contributed by atoms with Crippen LogP contribution in [0.25, 0.3) is 0 Å². The fraction of sp³-hybridized carbons (Fsp3) is 0.567. The summed E-state index contributed by atoms with van der Waals surface area (Å²) in [5, 5.41) is 35.4. The van der Waals surface area contributed by atoms with Gasteiger partial charge in [0.05, 0.1) is 6.61 Å². The smallest absolute Gasteiger partial charge is 0.331 e. The summed E-state index contributed by atoms with van der Waals surface area (Å²) in [5.41, 5.74) is 0. The summed E-state index contributed by atoms with van der Waals surface area (Å²) in [6, 6.07) is 0. The molecule has 0 aromatic heterocycles. The SMILES string of the molecule is CCCCCCC(COC(=O)/C=C\C(=O)O)C(OC(=O)/C=C\C(=O)O)C(CCCCCCCC(=O)O)OC(=O)/C=C\C(=O)O. The van der Waals surface area contributed by atoms with Crippen LogP contribution in [0, 0.1) is 5.92 Å². The van der Waals surface area contributed by atoms with Gasteiger partial charge < -0.3 is 34.6 Å². The summed E-state index contributed by atoms with van der Waals surface area (Å²) in [6.45, 7) is 1.62. The Kier molecular flexibility index (Phi) is 21.6. The predicted molar refractivity (Wildman–Crippen MR) is 153 cm³/mol. The summed E-state index contributed by atoms with van der Waals surface area (Å²) >= 11 is 0. The summed E-state index contributed by atoms with van der Waals surface area (Å²) in [4.78, 5) is 80.7. The molecule has 44 heavy (non-hydrogen) atoms. The number of aliphatic carboxylic acids is 4. The molecule has 0 amide bonds. The number of carbonyl (C=O) groups excluding carboxylic acids is 3. The van der Waals surface area contributed by atoms with Crippen molar-refractivity contribution in [3.63, 3.8) is 0 Å². The maximum absolute atomic E-state index is 12.6. The van der Waals surface area contributed by atoms with E-state index in [0.29, 0.717) is 81.4 Å². The lowest BCUT2D eigenvalue weighted by Gasteiger charge is -2.32. The first-order valence-electron chi connectivity index (χ1n) is 14.4. The van der Waals surface area contributed by atoms with Crippen LogP contribution in [0.3, 0.4) is 0 Å². The normalized spacial score (nSPS) is 13.4. The van der Waals surface area contributed by atoms with Crippen molar-refractivity contribution < 1.29 is 68.2 Å². The Labute approximate surface area is 255 Å². The summed E-state index contributed by atoms with van der Waals surface area (Å²) in [7, 11) is 0. The molecule has 3 atom stereocenters. The topological polar surface area (TPSA) is 228 Å². The predicted octanol–water partition coefficient (Wildman–Crippen LogP) is 3.68. The fourth-order valence-electron chi connectivity index (χ4n) is 4.11. The van der Waals surface area contributed by atoms with Gasteiger partial charge in [0.1, 0.15) is 12.2 Å². The molecule has 3 unspecified atom stereocenters. The van der Waals surface area contributed by atoms with Crippen LogP contribution in [0.1, 0.15) is 84.0 Å². The van der Waals surface area contributed by atoms with Crippen molar-refractivity contribution in [2.24, 2.45) is 5.92 Å². The Morgan fingerprint density at radius 2 is 1.05 bits per heavy atom. The standard InChI is InChI=1S/C30H42O14/c1-2-3-4-8-11-21(20-42-27(39)17-14-24(33)34)30(44-29(41)19-16-26(37)38)22(43-28(40)18-15-25(35)36)12-9-6-5-7-10-13-23(31)32/h14-19,21-22,30H,2-13,20H2,1H3,(H,31,32)(H,33,34)(H,35,36)(H,37,38)/b17-14-,18-15-,19-16-. The molecule has 246 valence electrons. The summed E-state index contributed by atoms with van der Waals surface area (Å²) in [6.07, 6.45) is 7.68. The fourth-order valence-corrected chi connectivity index (χ4v) is 4.11. The zero-order chi connectivity index (χ0) is 33.3. The van der Waals surface area contributed by atoms with Crippen LogP contribution < -0.4 is 0 Å². The van der Waals surface area contributed by atoms with Crippen molar-refractivity contribution in [1.82, 2.24) is 0 Å². The first-order chi connectivity index (χ1) is 20.8. The van der Waals surface area contributed by atoms with E-state index in [0.717, 1.165) is 19.3 Å². The third-order valence-electron chi connectivity index (χ3n) is 6.18. The van der Waals surface area contributed by atoms with Gasteiger partial charge in [-0.15, -0.1) is 0 Å². The second-order valence-electron chi connectivity index (χ2n) is 9.83. The molecule has 0 radical (unpaired) electrons. The van der Waals surface area contributed by atoms with Gasteiger partial charge in [-0.05, 0) is 25.7 Å². The Morgan fingerprint density at radius 3 is 1.59 bits per heavy atom. The van der Waals surface area contributed by atoms with Gasteiger partial charge in [-0.3, -0.25) is 4.79 Å². The molecule has 14 heteroatoms. The molecule has 0 rings (SSSR count). The molecule has 14 nitrogen and oxygen atoms in total. The molecular weight excluding hydrogens is 584 g/mol. The van der Waals surface area contributed by atoms with Crippen molar-refractivity contribution in [3.8, 4) is 0 Å². The molecule has 0 fully saturated rings. The van der Waals surface area contributed by atoms with E-state index < -0.39 is 59.9 Å². The number of hydrogen-bond donors (Lipinski definition) is 4. The molecule has 0 aliphatic carbocycles. The van der Waals surface area contributed by atoms with Gasteiger partial charge in [-0.2, -0.15) is 0 Å². The van der Waals surface area contributed by atoms with Crippen molar-refractivity contribution in [2.45, 2.75) is 96.2 Å². The monoisotopic (exact) mass is 626 g/mol. The molecule has 0 aliphatic rings. The number of esters is 3. The second-order valence-corrected chi connectivity index (χ2v) is 9.83. The van der Waals surface area contributed by atoms with Gasteiger partial charge >= 0.3 is 41.8 Å². The lowest BCUT2D eigenvalue weighted by Crippen LogP contribution is -2.42. The number of hydrogen-bond acceptors (Lipinski definition) is 10. The zero-order valence-corrected chi connectivity index (χ0v) is 24.8. The van der Waals surface area contributed by atoms with E-state index in [4.69, 9.17) is 34.6 Å². The number of carboxylic acids is 4. The van der Waals surface area contributed by atoms with Gasteiger partial charge in [0.25, 0.3) is 0 Å². The van der Waals surface area contributed by atoms with E-state index in [1.54, 1.807) is 0 Å². The highest BCUT2D eigenvalue weighted by Gasteiger charge is 2.35. The van der Waals surface area contributed by atoms with E-state index in [1.165, 1.54) is 0 Å². The molecule has 0 saturated carbocycles. The highest BCUT2D eigenvalue weighted by Crippen LogP contribution is 2.26. The minimum absolute atomic E-state index is 0.0259. The number of unbranched alkanes of at least 4 members (excludes halogenated alkanes) is 7. The highest BCUT2D eigenvalue weighted by atomic mass is 16.6. The van der Waals surface area contributed by atoms with Crippen LogP contribution in [0.15, 0.2) is 36.5 Å². The molecule has 0 heterocycles. The molecule has 4 N–H and O–H groups in total. The first kappa shape index (κ1) is 39.5. The molecule has 0 spiro atoms. The Balaban J connectivity index is 6.24. The average Bonchev–Trinajstić information content (AvgIpc) is 2.95. The maximum Gasteiger partial charge on any atom is 0.331 e. The molecule has 0 saturated heterocycles. The lowest BCUT2D eigenvalue weighted by atomic mass is 9.89. The largest absolute Gasteiger partial charge is 0.481 e. The molecule has 0 bridgehead atoms. The zero-order valence-electron chi connectivity index (χ0n) is 24.8. The minimum Gasteiger partial charge on any atom is -0.481 e. The lowest BCUT2D eigenvalue weighted by molar-refractivity contribution is -0.170. The van der Waals surface area contributed by atoms with Gasteiger partial charge in [-0.25, -0.2) is 28.8 Å². The van der Waals surface area contributed by atoms with E-state index >= 15 is 0 Å². The molecular formula is C30H42O14. The van der Waals surface area contributed by atoms with Crippen LogP contribution in [0.2, 0.25) is 0 Å². The van der Waals surface area contributed by atoms with Crippen molar-refractivity contribution >= 4 is 41.8 Å². The van der Waals surface area contributed by atoms with Crippen molar-refractivity contribution in [3.05, 3.63) is 36.5 Å². The van der Waals surface area contributed by atoms with Crippen LogP contribution in [0.5, 0.6) is 0 Å². The van der Waals surface area contributed by atoms with Crippen LogP contribution >= 0.6 is 0 Å². The third kappa shape index (κ3) is 22.2. The number of carbonyl (C=O) groups is 7. The number of carboxylic acid groups (broad SMARTS) is 4. The molecule has 0 aromatic carbocycles. The van der Waals surface area contributed by atoms with E-state index in [9.17, 15) is 33.6 Å². The van der Waals surface area contributed by atoms with Gasteiger partial charge in [-0.1, -0.05) is 51.9 Å². The third-order valence-corrected chi connectivity index (χ3v) is 6.18. The molecule has 0 aliphatic heterocycles. The van der Waals surface area contributed by atoms with Crippen molar-refractivity contribution in [2.75, 3.05) is 6.61 Å². The van der Waals surface area contributed by atoms with Gasteiger partial charge in [0.2, 0.25) is 0 Å². The van der Waals surface area contributed by atoms with E-state index in [1.807, 2.05) is 6.92 Å². The Morgan fingerprint density at radius 1 is 0.568 bits per heavy atom. The van der Waals surface area contributed by atoms with Gasteiger partial charge in [0, 0.05) is 48.8 Å². The average molecular weight is 627 g/mol. The van der Waals surface area contributed by atoms with Crippen LogP contribution in [-0.2, 0) is 47.8 Å². The molecule has 0 aromatic rings. The number of rotatable bonds is 25. The van der Waals surface area contributed by atoms with Crippen molar-refractivity contribution in [1.29, 1.82) is 0 Å². The Bertz CT molecular complexity index is 1040. The first-order valence-corrected chi connectivity index (χ1v) is 14.4. The van der Waals surface area contributed by atoms with E-state index in [2.05, 4.69) is 0 Å². The van der Waals surface area contributed by atoms with Crippen LogP contribution in [0.4, 0.5) is 0 Å². The van der Waals surface area contributed by atoms with E-state index in [-0.39, 0.29) is 19.4 Å². The van der Waals surface area contributed by atoms with Gasteiger partial charge in [0.15, 0.2) is 0 Å².